The van der Waals surface area contributed by atoms with Crippen molar-refractivity contribution in [2.75, 3.05) is 5.75 Å². The van der Waals surface area contributed by atoms with Crippen LogP contribution in [0.15, 0.2) is 36.0 Å². The Morgan fingerprint density at radius 3 is 2.56 bits per heavy atom. The van der Waals surface area contributed by atoms with Gasteiger partial charge in [-0.15, -0.1) is 0 Å². The number of benzene rings is 1. The lowest BCUT2D eigenvalue weighted by molar-refractivity contribution is -0.136. The molecule has 0 aromatic heterocycles. The van der Waals surface area contributed by atoms with Crippen molar-refractivity contribution in [3.63, 3.8) is 0 Å². The van der Waals surface area contributed by atoms with Gasteiger partial charge in [0.2, 0.25) is 5.91 Å². The van der Waals surface area contributed by atoms with Crippen LogP contribution in [0.2, 0.25) is 0 Å². The Hall–Kier alpha value is -1.66. The smallest absolute Gasteiger partial charge is 0.353 e. The molecule has 1 aromatic rings. The number of hydrogen-bond acceptors (Lipinski definition) is 4. The number of thiocarbonyl (C=S) groups is 1. The number of rotatable bonds is 3. The predicted molar refractivity (Wildman–Crippen MR) is 74.0 cm³/mol. The second kappa shape index (κ2) is 5.32. The summed E-state index contributed by atoms with van der Waals surface area (Å²) in [5, 5.41) is 9.20. The third kappa shape index (κ3) is 2.60. The average molecular weight is 279 g/mol. The van der Waals surface area contributed by atoms with E-state index in [1.165, 1.54) is 17.8 Å². The van der Waals surface area contributed by atoms with Crippen LogP contribution >= 0.6 is 24.0 Å². The van der Waals surface area contributed by atoms with Gasteiger partial charge in [-0.3, -0.25) is 9.69 Å². The molecule has 1 amide bonds. The van der Waals surface area contributed by atoms with Gasteiger partial charge in [0.1, 0.15) is 10.0 Å². The molecule has 6 heteroatoms. The first kappa shape index (κ1) is 12.8. The van der Waals surface area contributed by atoms with E-state index in [0.29, 0.717) is 5.56 Å². The molecule has 92 valence electrons. The first-order chi connectivity index (χ1) is 8.59. The summed E-state index contributed by atoms with van der Waals surface area (Å²) in [6.45, 7) is 0. The van der Waals surface area contributed by atoms with Gasteiger partial charge in [-0.05, 0) is 11.6 Å². The third-order valence-electron chi connectivity index (χ3n) is 2.31. The van der Waals surface area contributed by atoms with Crippen LogP contribution in [-0.2, 0) is 9.59 Å². The van der Waals surface area contributed by atoms with E-state index in [9.17, 15) is 14.7 Å². The Bertz CT molecular complexity index is 524. The summed E-state index contributed by atoms with van der Waals surface area (Å²) in [7, 11) is 0. The minimum Gasteiger partial charge on any atom is -0.477 e. The van der Waals surface area contributed by atoms with Gasteiger partial charge in [0.15, 0.2) is 0 Å². The molecule has 2 rings (SSSR count). The number of thioether (sulfide) groups is 1. The zero-order chi connectivity index (χ0) is 13.1. The monoisotopic (exact) mass is 279 g/mol. The van der Waals surface area contributed by atoms with Crippen molar-refractivity contribution in [3.05, 3.63) is 41.6 Å². The van der Waals surface area contributed by atoms with E-state index in [0.717, 1.165) is 4.90 Å². The maximum absolute atomic E-state index is 11.6. The Kier molecular flexibility index (Phi) is 3.78. The number of carbonyl (C=O) groups is 2. The zero-order valence-corrected chi connectivity index (χ0v) is 10.8. The van der Waals surface area contributed by atoms with Crippen LogP contribution in [0.1, 0.15) is 5.56 Å². The van der Waals surface area contributed by atoms with Crippen molar-refractivity contribution in [3.8, 4) is 0 Å². The van der Waals surface area contributed by atoms with Crippen LogP contribution < -0.4 is 0 Å². The molecule has 1 aliphatic heterocycles. The van der Waals surface area contributed by atoms with Crippen LogP contribution in [-0.4, -0.2) is 32.0 Å². The first-order valence-corrected chi connectivity index (χ1v) is 6.49. The number of amides is 1. The summed E-state index contributed by atoms with van der Waals surface area (Å²) in [6, 6.07) is 8.95. The molecule has 18 heavy (non-hydrogen) atoms. The maximum Gasteiger partial charge on any atom is 0.353 e. The molecule has 1 fully saturated rings. The van der Waals surface area contributed by atoms with Crippen molar-refractivity contribution >= 4 is 46.3 Å². The molecule has 0 atom stereocenters. The van der Waals surface area contributed by atoms with E-state index in [1.807, 2.05) is 6.07 Å². The van der Waals surface area contributed by atoms with E-state index in [-0.39, 0.29) is 21.7 Å². The molecule has 1 N–H and O–H groups in total. The fourth-order valence-corrected chi connectivity index (χ4v) is 2.60. The fraction of sp³-hybridized carbons (Fsp3) is 0.0833. The van der Waals surface area contributed by atoms with Crippen molar-refractivity contribution < 1.29 is 14.7 Å². The highest BCUT2D eigenvalue weighted by molar-refractivity contribution is 8.24. The van der Waals surface area contributed by atoms with E-state index in [2.05, 4.69) is 0 Å². The van der Waals surface area contributed by atoms with E-state index in [1.54, 1.807) is 24.3 Å². The molecule has 1 aliphatic rings. The van der Waals surface area contributed by atoms with E-state index in [4.69, 9.17) is 12.2 Å². The summed E-state index contributed by atoms with van der Waals surface area (Å²) >= 11 is 6.17. The second-order valence-electron chi connectivity index (χ2n) is 3.53. The van der Waals surface area contributed by atoms with Gasteiger partial charge in [-0.1, -0.05) is 54.3 Å². The van der Waals surface area contributed by atoms with Gasteiger partial charge in [0.25, 0.3) is 0 Å². The normalized spacial score (nSPS) is 16.2. The number of carboxylic acid groups (broad SMARTS) is 1. The fourth-order valence-electron chi connectivity index (χ4n) is 1.52. The number of carbonyl (C=O) groups excluding carboxylic acids is 1. The van der Waals surface area contributed by atoms with E-state index >= 15 is 0 Å². The lowest BCUT2D eigenvalue weighted by atomic mass is 10.2. The molecular weight excluding hydrogens is 270 g/mol. The lowest BCUT2D eigenvalue weighted by Crippen LogP contribution is -2.31. The highest BCUT2D eigenvalue weighted by Gasteiger charge is 2.32. The minimum atomic E-state index is -1.17. The van der Waals surface area contributed by atoms with Gasteiger partial charge < -0.3 is 5.11 Å². The van der Waals surface area contributed by atoms with Crippen molar-refractivity contribution in [1.29, 1.82) is 0 Å². The highest BCUT2D eigenvalue weighted by atomic mass is 32.2. The Labute approximate surface area is 113 Å². The molecule has 1 saturated heterocycles. The Balaban J connectivity index is 2.41. The largest absolute Gasteiger partial charge is 0.477 e. The quantitative estimate of drug-likeness (QED) is 0.677. The maximum atomic E-state index is 11.6. The van der Waals surface area contributed by atoms with E-state index < -0.39 is 5.97 Å². The van der Waals surface area contributed by atoms with Crippen molar-refractivity contribution in [1.82, 2.24) is 4.90 Å². The van der Waals surface area contributed by atoms with Gasteiger partial charge >= 0.3 is 5.97 Å². The summed E-state index contributed by atoms with van der Waals surface area (Å²) < 4.78 is 0.282. The Morgan fingerprint density at radius 2 is 2.06 bits per heavy atom. The first-order valence-electron chi connectivity index (χ1n) is 5.09. The molecule has 4 nitrogen and oxygen atoms in total. The molecular formula is C12H9NO3S2. The van der Waals surface area contributed by atoms with Gasteiger partial charge in [-0.2, -0.15) is 0 Å². The van der Waals surface area contributed by atoms with Crippen molar-refractivity contribution in [2.24, 2.45) is 0 Å². The second-order valence-corrected chi connectivity index (χ2v) is 5.14. The van der Waals surface area contributed by atoms with Crippen LogP contribution in [0.3, 0.4) is 0 Å². The minimum absolute atomic E-state index is 0.110. The zero-order valence-electron chi connectivity index (χ0n) is 9.20. The SMILES string of the molecule is O=C(O)C(=Cc1ccccc1)N1C(=O)CSC1=S. The molecule has 0 saturated carbocycles. The summed E-state index contributed by atoms with van der Waals surface area (Å²) in [5.41, 5.74) is 0.601. The number of nitrogens with zero attached hydrogens (tertiary/aromatic N) is 1. The molecule has 0 spiro atoms. The molecule has 0 bridgehead atoms. The Morgan fingerprint density at radius 1 is 1.39 bits per heavy atom. The topological polar surface area (TPSA) is 57.6 Å². The highest BCUT2D eigenvalue weighted by Crippen LogP contribution is 2.25. The van der Waals surface area contributed by atoms with Crippen LogP contribution in [0.4, 0.5) is 0 Å². The predicted octanol–water partition coefficient (Wildman–Crippen LogP) is 1.97. The van der Waals surface area contributed by atoms with Crippen molar-refractivity contribution in [2.45, 2.75) is 0 Å². The summed E-state index contributed by atoms with van der Waals surface area (Å²) in [6.07, 6.45) is 1.44. The van der Waals surface area contributed by atoms with Gasteiger partial charge in [-0.25, -0.2) is 4.79 Å². The lowest BCUT2D eigenvalue weighted by Gasteiger charge is -2.15. The van der Waals surface area contributed by atoms with Gasteiger partial charge in [0.05, 0.1) is 5.75 Å². The molecule has 0 radical (unpaired) electrons. The number of aliphatic carboxylic acids is 1. The van der Waals surface area contributed by atoms with Gasteiger partial charge in [0, 0.05) is 0 Å². The summed E-state index contributed by atoms with van der Waals surface area (Å²) in [4.78, 5) is 24.0. The van der Waals surface area contributed by atoms with Crippen LogP contribution in [0, 0.1) is 0 Å². The van der Waals surface area contributed by atoms with Crippen LogP contribution in [0.5, 0.6) is 0 Å². The van der Waals surface area contributed by atoms with Crippen LogP contribution in [0.25, 0.3) is 6.08 Å². The number of carboxylic acids is 1. The standard InChI is InChI=1S/C12H9NO3S2/c14-10-7-18-12(17)13(10)9(11(15)16)6-8-4-2-1-3-5-8/h1-6H,7H2,(H,15,16). The number of hydrogen-bond donors (Lipinski definition) is 1. The molecule has 1 aromatic carbocycles. The molecule has 0 unspecified atom stereocenters. The molecule has 0 aliphatic carbocycles. The third-order valence-corrected chi connectivity index (χ3v) is 3.67. The average Bonchev–Trinajstić information content (AvgIpc) is 2.67. The summed E-state index contributed by atoms with van der Waals surface area (Å²) in [5.74, 6) is -1.27. The molecule has 1 heterocycles.